The van der Waals surface area contributed by atoms with E-state index in [-0.39, 0.29) is 17.4 Å². The van der Waals surface area contributed by atoms with Gasteiger partial charge in [0.1, 0.15) is 12.3 Å². The van der Waals surface area contributed by atoms with Crippen LogP contribution in [0.15, 0.2) is 26.0 Å². The fourth-order valence-electron chi connectivity index (χ4n) is 3.28. The van der Waals surface area contributed by atoms with Crippen LogP contribution in [0.4, 0.5) is 4.79 Å². The van der Waals surface area contributed by atoms with Crippen LogP contribution in [-0.4, -0.2) is 64.2 Å². The molecule has 0 spiro atoms. The Balaban J connectivity index is 1.72. The Labute approximate surface area is 200 Å². The number of thioether (sulfide) groups is 1. The number of likely N-dealkylation sites (tertiary alicyclic amines) is 1. The fraction of sp³-hybridized carbons (Fsp3) is 0.400. The first kappa shape index (κ1) is 23.8. The number of ether oxygens (including phenoxy) is 1. The van der Waals surface area contributed by atoms with E-state index >= 15 is 0 Å². The second-order valence-electron chi connectivity index (χ2n) is 7.06. The number of hydrogen-bond acceptors (Lipinski definition) is 6. The summed E-state index contributed by atoms with van der Waals surface area (Å²) in [4.78, 5) is 51.3. The van der Waals surface area contributed by atoms with Crippen molar-refractivity contribution in [2.24, 2.45) is 0 Å². The third-order valence-electron chi connectivity index (χ3n) is 4.78. The Morgan fingerprint density at radius 1 is 1.10 bits per heavy atom. The monoisotopic (exact) mass is 574 g/mol. The number of carboxylic acid groups (broad SMARTS) is 1. The largest absolute Gasteiger partial charge is 0.480 e. The van der Waals surface area contributed by atoms with Crippen molar-refractivity contribution in [2.75, 3.05) is 26.2 Å². The maximum Gasteiger partial charge on any atom is 0.341 e. The first-order valence-electron chi connectivity index (χ1n) is 9.63. The van der Waals surface area contributed by atoms with E-state index in [1.165, 1.54) is 0 Å². The molecule has 0 atom stereocenters. The lowest BCUT2D eigenvalue weighted by Gasteiger charge is -2.22. The molecule has 0 bridgehead atoms. The number of aliphatic carboxylic acids is 1. The molecule has 0 radical (unpaired) electrons. The first-order valence-corrected chi connectivity index (χ1v) is 12.0. The Kier molecular flexibility index (Phi) is 8.17. The van der Waals surface area contributed by atoms with Crippen LogP contribution in [0.3, 0.4) is 0 Å². The SMILES string of the molecule is O=C(O)COc1c(Br)cc(C=C2SC(=O)N(CC(=O)N3CCCCCC3)C2=O)cc1Br. The van der Waals surface area contributed by atoms with Gasteiger partial charge in [-0.15, -0.1) is 0 Å². The van der Waals surface area contributed by atoms with Crippen LogP contribution < -0.4 is 4.74 Å². The van der Waals surface area contributed by atoms with Crippen LogP contribution in [0.1, 0.15) is 31.2 Å². The van der Waals surface area contributed by atoms with Gasteiger partial charge in [0.05, 0.1) is 13.9 Å². The number of hydrogen-bond donors (Lipinski definition) is 1. The number of carbonyl (C=O) groups is 4. The van der Waals surface area contributed by atoms with Gasteiger partial charge in [0.25, 0.3) is 11.1 Å². The molecule has 3 amide bonds. The van der Waals surface area contributed by atoms with Gasteiger partial charge in [-0.3, -0.25) is 19.3 Å². The van der Waals surface area contributed by atoms with Crippen molar-refractivity contribution in [3.05, 3.63) is 31.5 Å². The number of halogens is 2. The smallest absolute Gasteiger partial charge is 0.341 e. The predicted molar refractivity (Wildman–Crippen MR) is 123 cm³/mol. The van der Waals surface area contributed by atoms with E-state index in [0.717, 1.165) is 42.3 Å². The predicted octanol–water partition coefficient (Wildman–Crippen LogP) is 4.11. The average molecular weight is 576 g/mol. The van der Waals surface area contributed by atoms with Gasteiger partial charge >= 0.3 is 5.97 Å². The summed E-state index contributed by atoms with van der Waals surface area (Å²) in [6.45, 7) is 0.560. The highest BCUT2D eigenvalue weighted by molar-refractivity contribution is 9.11. The highest BCUT2D eigenvalue weighted by atomic mass is 79.9. The van der Waals surface area contributed by atoms with Crippen LogP contribution in [0.2, 0.25) is 0 Å². The molecule has 166 valence electrons. The van der Waals surface area contributed by atoms with Gasteiger partial charge < -0.3 is 14.7 Å². The van der Waals surface area contributed by atoms with E-state index in [4.69, 9.17) is 9.84 Å². The number of amides is 3. The molecule has 2 heterocycles. The molecular weight excluding hydrogens is 556 g/mol. The minimum atomic E-state index is -1.11. The van der Waals surface area contributed by atoms with Crippen LogP contribution >= 0.6 is 43.6 Å². The zero-order valence-corrected chi connectivity index (χ0v) is 20.4. The molecule has 2 aliphatic heterocycles. The molecule has 0 unspecified atom stereocenters. The first-order chi connectivity index (χ1) is 14.8. The van der Waals surface area contributed by atoms with E-state index < -0.39 is 23.7 Å². The molecule has 8 nitrogen and oxygen atoms in total. The standard InChI is InChI=1S/C20H20Br2N2O6S/c21-13-7-12(8-14(22)18(13)30-11-17(26)27)9-15-19(28)24(20(29)31-15)10-16(25)23-5-3-1-2-4-6-23/h7-9H,1-6,10-11H2,(H,26,27). The van der Waals surface area contributed by atoms with Crippen molar-refractivity contribution in [3.63, 3.8) is 0 Å². The average Bonchev–Trinajstić information content (AvgIpc) is 2.90. The zero-order valence-electron chi connectivity index (χ0n) is 16.4. The molecule has 3 rings (SSSR count). The summed E-state index contributed by atoms with van der Waals surface area (Å²) in [7, 11) is 0. The highest BCUT2D eigenvalue weighted by Gasteiger charge is 2.37. The van der Waals surface area contributed by atoms with E-state index in [9.17, 15) is 19.2 Å². The van der Waals surface area contributed by atoms with Crippen LogP contribution in [-0.2, 0) is 14.4 Å². The maximum absolute atomic E-state index is 12.8. The lowest BCUT2D eigenvalue weighted by atomic mass is 10.2. The number of benzene rings is 1. The van der Waals surface area contributed by atoms with Crippen molar-refractivity contribution in [1.29, 1.82) is 0 Å². The van der Waals surface area contributed by atoms with Gasteiger partial charge in [-0.05, 0) is 80.2 Å². The highest BCUT2D eigenvalue weighted by Crippen LogP contribution is 2.37. The molecule has 0 aliphatic carbocycles. The summed E-state index contributed by atoms with van der Waals surface area (Å²) in [6, 6.07) is 3.30. The van der Waals surface area contributed by atoms with E-state index in [2.05, 4.69) is 31.9 Å². The number of rotatable bonds is 6. The third kappa shape index (κ3) is 6.11. The number of carboxylic acids is 1. The molecular formula is C20H20Br2N2O6S. The van der Waals surface area contributed by atoms with Crippen LogP contribution in [0, 0.1) is 0 Å². The van der Waals surface area contributed by atoms with Gasteiger partial charge in [0.2, 0.25) is 5.91 Å². The van der Waals surface area contributed by atoms with Gasteiger partial charge in [-0.25, -0.2) is 4.79 Å². The Morgan fingerprint density at radius 3 is 2.29 bits per heavy atom. The lowest BCUT2D eigenvalue weighted by Crippen LogP contribution is -2.42. The summed E-state index contributed by atoms with van der Waals surface area (Å²) in [5, 5.41) is 8.30. The van der Waals surface area contributed by atoms with E-state index in [1.807, 2.05) is 0 Å². The molecule has 0 aromatic heterocycles. The molecule has 0 saturated carbocycles. The Bertz CT molecular complexity index is 921. The number of imide groups is 1. The third-order valence-corrected chi connectivity index (χ3v) is 6.87. The van der Waals surface area contributed by atoms with Crippen molar-refractivity contribution < 1.29 is 29.0 Å². The van der Waals surface area contributed by atoms with Crippen LogP contribution in [0.5, 0.6) is 5.75 Å². The Morgan fingerprint density at radius 2 is 1.71 bits per heavy atom. The van der Waals surface area contributed by atoms with Crippen molar-refractivity contribution in [3.8, 4) is 5.75 Å². The van der Waals surface area contributed by atoms with Gasteiger partial charge in [-0.1, -0.05) is 12.8 Å². The molecule has 1 aromatic carbocycles. The van der Waals surface area contributed by atoms with Gasteiger partial charge in [0, 0.05) is 13.1 Å². The van der Waals surface area contributed by atoms with Crippen molar-refractivity contribution >= 4 is 72.7 Å². The molecule has 11 heteroatoms. The van der Waals surface area contributed by atoms with Gasteiger partial charge in [0.15, 0.2) is 6.61 Å². The quantitative estimate of drug-likeness (QED) is 0.509. The molecule has 31 heavy (non-hydrogen) atoms. The summed E-state index contributed by atoms with van der Waals surface area (Å²) >= 11 is 7.43. The molecule has 2 fully saturated rings. The summed E-state index contributed by atoms with van der Waals surface area (Å²) in [5.74, 6) is -1.51. The van der Waals surface area contributed by atoms with Gasteiger partial charge in [-0.2, -0.15) is 0 Å². The van der Waals surface area contributed by atoms with Crippen molar-refractivity contribution in [1.82, 2.24) is 9.80 Å². The second-order valence-corrected chi connectivity index (χ2v) is 9.76. The van der Waals surface area contributed by atoms with Crippen molar-refractivity contribution in [2.45, 2.75) is 25.7 Å². The maximum atomic E-state index is 12.8. The molecule has 1 aromatic rings. The molecule has 2 aliphatic rings. The normalized spacial score (nSPS) is 18.5. The second kappa shape index (κ2) is 10.6. The van der Waals surface area contributed by atoms with E-state index in [1.54, 1.807) is 23.1 Å². The zero-order chi connectivity index (χ0) is 22.5. The summed E-state index contributed by atoms with van der Waals surface area (Å²) in [5.41, 5.74) is 0.603. The Hall–Kier alpha value is -1.85. The van der Waals surface area contributed by atoms with Crippen LogP contribution in [0.25, 0.3) is 6.08 Å². The lowest BCUT2D eigenvalue weighted by molar-refractivity contribution is -0.139. The minimum Gasteiger partial charge on any atom is -0.480 e. The number of nitrogens with zero attached hydrogens (tertiary/aromatic N) is 2. The van der Waals surface area contributed by atoms with E-state index in [0.29, 0.717) is 33.3 Å². The topological polar surface area (TPSA) is 104 Å². The summed E-state index contributed by atoms with van der Waals surface area (Å²) < 4.78 is 6.21. The molecule has 1 N–H and O–H groups in total. The fourth-order valence-corrected chi connectivity index (χ4v) is 5.57. The number of carbonyl (C=O) groups excluding carboxylic acids is 3. The molecule has 2 saturated heterocycles. The summed E-state index contributed by atoms with van der Waals surface area (Å²) in [6.07, 6.45) is 5.59. The minimum absolute atomic E-state index is 0.212.